The zero-order chi connectivity index (χ0) is 58.5. The van der Waals surface area contributed by atoms with Crippen LogP contribution in [0.1, 0.15) is 380 Å². The first kappa shape index (κ1) is 78.1. The van der Waals surface area contributed by atoms with Gasteiger partial charge in [-0.25, -0.2) is 0 Å². The first-order valence-corrected chi connectivity index (χ1v) is 35.8. The molecule has 6 heteroatoms. The number of carbonyl (C=O) groups is 3. The Morgan fingerprint density at radius 2 is 0.444 bits per heavy atom. The minimum Gasteiger partial charge on any atom is -0.462 e. The van der Waals surface area contributed by atoms with Crippen LogP contribution in [-0.2, 0) is 28.6 Å². The second kappa shape index (κ2) is 69.6. The van der Waals surface area contributed by atoms with Crippen LogP contribution in [0.3, 0.4) is 0 Å². The lowest BCUT2D eigenvalue weighted by Gasteiger charge is -2.18. The summed E-state index contributed by atoms with van der Waals surface area (Å²) < 4.78 is 17.0. The molecule has 0 aromatic heterocycles. The molecule has 1 atom stereocenters. The molecule has 0 aromatic carbocycles. The average molecular weight is 1130 g/mol. The van der Waals surface area contributed by atoms with Gasteiger partial charge in [-0.3, -0.25) is 14.4 Å². The lowest BCUT2D eigenvalue weighted by molar-refractivity contribution is -0.167. The van der Waals surface area contributed by atoms with E-state index in [1.807, 2.05) is 0 Å². The Kier molecular flexibility index (Phi) is 67.1. The van der Waals surface area contributed by atoms with Gasteiger partial charge >= 0.3 is 17.9 Å². The molecule has 472 valence electrons. The van der Waals surface area contributed by atoms with Gasteiger partial charge in [0.25, 0.3) is 0 Å². The van der Waals surface area contributed by atoms with E-state index in [2.05, 4.69) is 81.5 Å². The second-order valence-electron chi connectivity index (χ2n) is 24.1. The van der Waals surface area contributed by atoms with Gasteiger partial charge in [-0.2, -0.15) is 0 Å². The zero-order valence-corrected chi connectivity index (χ0v) is 54.3. The molecule has 0 saturated carbocycles. The van der Waals surface area contributed by atoms with Gasteiger partial charge in [-0.1, -0.05) is 313 Å². The summed E-state index contributed by atoms with van der Waals surface area (Å²) in [5.74, 6) is -0.862. The van der Waals surface area contributed by atoms with Gasteiger partial charge in [0.1, 0.15) is 13.2 Å². The van der Waals surface area contributed by atoms with Crippen molar-refractivity contribution in [2.24, 2.45) is 0 Å². The highest BCUT2D eigenvalue weighted by Gasteiger charge is 2.19. The summed E-state index contributed by atoms with van der Waals surface area (Å²) in [6.07, 6.45) is 89.6. The molecule has 0 N–H and O–H groups in total. The number of allylic oxidation sites excluding steroid dienone is 10. The van der Waals surface area contributed by atoms with Crippen LogP contribution < -0.4 is 0 Å². The molecule has 0 rings (SSSR count). The van der Waals surface area contributed by atoms with E-state index in [9.17, 15) is 14.4 Å². The van der Waals surface area contributed by atoms with Gasteiger partial charge < -0.3 is 14.2 Å². The number of ether oxygens (including phenoxy) is 3. The predicted molar refractivity (Wildman–Crippen MR) is 353 cm³/mol. The predicted octanol–water partition coefficient (Wildman–Crippen LogP) is 24.7. The van der Waals surface area contributed by atoms with Crippen LogP contribution in [0.4, 0.5) is 0 Å². The van der Waals surface area contributed by atoms with Crippen LogP contribution in [-0.4, -0.2) is 37.2 Å². The maximum atomic E-state index is 13.0. The summed E-state index contributed by atoms with van der Waals surface area (Å²) >= 11 is 0. The van der Waals surface area contributed by atoms with Gasteiger partial charge in [0.2, 0.25) is 0 Å². The Labute approximate surface area is 504 Å². The van der Waals surface area contributed by atoms with Gasteiger partial charge in [-0.15, -0.1) is 0 Å². The normalized spacial score (nSPS) is 12.4. The van der Waals surface area contributed by atoms with Crippen molar-refractivity contribution in [3.05, 3.63) is 60.8 Å². The fourth-order valence-corrected chi connectivity index (χ4v) is 10.6. The molecular formula is C75H136O6. The summed E-state index contributed by atoms with van der Waals surface area (Å²) in [6, 6.07) is 0. The van der Waals surface area contributed by atoms with E-state index in [0.717, 1.165) is 77.0 Å². The third kappa shape index (κ3) is 67.8. The fourth-order valence-electron chi connectivity index (χ4n) is 10.6. The molecule has 0 aliphatic rings. The molecule has 0 aliphatic heterocycles. The van der Waals surface area contributed by atoms with Crippen molar-refractivity contribution in [1.82, 2.24) is 0 Å². The van der Waals surface area contributed by atoms with Gasteiger partial charge in [0.15, 0.2) is 6.10 Å². The Balaban J connectivity index is 4.25. The Hall–Kier alpha value is -2.89. The molecule has 0 amide bonds. The van der Waals surface area contributed by atoms with Crippen LogP contribution in [0.15, 0.2) is 60.8 Å². The number of hydrogen-bond donors (Lipinski definition) is 0. The van der Waals surface area contributed by atoms with Crippen molar-refractivity contribution in [3.8, 4) is 0 Å². The molecule has 0 radical (unpaired) electrons. The summed E-state index contributed by atoms with van der Waals surface area (Å²) in [5, 5.41) is 0. The lowest BCUT2D eigenvalue weighted by Crippen LogP contribution is -2.30. The van der Waals surface area contributed by atoms with E-state index in [1.165, 1.54) is 263 Å². The molecule has 6 nitrogen and oxygen atoms in total. The molecule has 0 aliphatic carbocycles. The fraction of sp³-hybridized carbons (Fsp3) is 0.827. The molecule has 0 heterocycles. The topological polar surface area (TPSA) is 78.9 Å². The minimum absolute atomic E-state index is 0.0743. The standard InChI is InChI=1S/C75H136O6/c1-4-7-10-13-16-19-22-25-27-29-31-33-35-37-39-41-43-45-47-50-53-56-59-62-65-68-74(77)80-71-72(70-79-73(76)67-64-61-58-55-52-49-24-21-18-15-12-9-6-3)81-75(78)69-66-63-60-57-54-51-48-46-44-42-40-38-36-34-32-30-28-26-23-20-17-14-11-8-5-2/h21-26,29-32,72H,4-20,27-28,33-71H2,1-3H3/b24-21-,25-22-,26-23-,31-29-,32-30-. The Bertz CT molecular complexity index is 1440. The highest BCUT2D eigenvalue weighted by molar-refractivity contribution is 5.71. The van der Waals surface area contributed by atoms with E-state index in [0.29, 0.717) is 19.3 Å². The van der Waals surface area contributed by atoms with Gasteiger partial charge in [0, 0.05) is 19.3 Å². The molecular weight excluding hydrogens is 997 g/mol. The summed E-state index contributed by atoms with van der Waals surface area (Å²) in [5.41, 5.74) is 0. The number of unbranched alkanes of at least 4 members (excludes halogenated alkanes) is 45. The molecule has 1 unspecified atom stereocenters. The molecule has 81 heavy (non-hydrogen) atoms. The van der Waals surface area contributed by atoms with Crippen molar-refractivity contribution in [1.29, 1.82) is 0 Å². The third-order valence-electron chi connectivity index (χ3n) is 16.0. The Morgan fingerprint density at radius 1 is 0.247 bits per heavy atom. The van der Waals surface area contributed by atoms with Crippen LogP contribution >= 0.6 is 0 Å². The van der Waals surface area contributed by atoms with E-state index < -0.39 is 6.10 Å². The summed E-state index contributed by atoms with van der Waals surface area (Å²) in [4.78, 5) is 38.4. The first-order valence-electron chi connectivity index (χ1n) is 35.8. The number of esters is 3. The highest BCUT2D eigenvalue weighted by atomic mass is 16.6. The highest BCUT2D eigenvalue weighted by Crippen LogP contribution is 2.18. The molecule has 0 aromatic rings. The summed E-state index contributed by atoms with van der Waals surface area (Å²) in [7, 11) is 0. The lowest BCUT2D eigenvalue weighted by atomic mass is 10.0. The number of rotatable bonds is 66. The van der Waals surface area contributed by atoms with E-state index in [1.54, 1.807) is 0 Å². The van der Waals surface area contributed by atoms with Crippen molar-refractivity contribution in [2.75, 3.05) is 13.2 Å². The summed E-state index contributed by atoms with van der Waals surface area (Å²) in [6.45, 7) is 6.65. The second-order valence-corrected chi connectivity index (χ2v) is 24.1. The van der Waals surface area contributed by atoms with E-state index in [4.69, 9.17) is 14.2 Å². The number of hydrogen-bond acceptors (Lipinski definition) is 6. The molecule has 0 bridgehead atoms. The minimum atomic E-state index is -0.779. The monoisotopic (exact) mass is 1130 g/mol. The zero-order valence-electron chi connectivity index (χ0n) is 54.3. The number of carbonyl (C=O) groups excluding carboxylic acids is 3. The van der Waals surface area contributed by atoms with E-state index >= 15 is 0 Å². The SMILES string of the molecule is CCCCCC/C=C\CCCCCCCC(=O)OCC(COC(=O)CCCCCCCCCCCCCCC/C=C\C/C=C\CCCCCCC)OC(=O)CCCCCCCCCCCCCCC/C=C\C/C=C\CCCCCCC. The molecule has 0 saturated heterocycles. The largest absolute Gasteiger partial charge is 0.462 e. The smallest absolute Gasteiger partial charge is 0.306 e. The van der Waals surface area contributed by atoms with Crippen molar-refractivity contribution >= 4 is 17.9 Å². The van der Waals surface area contributed by atoms with Crippen LogP contribution in [0.2, 0.25) is 0 Å². The van der Waals surface area contributed by atoms with Crippen LogP contribution in [0, 0.1) is 0 Å². The average Bonchev–Trinajstić information content (AvgIpc) is 3.46. The quantitative estimate of drug-likeness (QED) is 0.0261. The van der Waals surface area contributed by atoms with Crippen LogP contribution in [0.25, 0.3) is 0 Å². The Morgan fingerprint density at radius 3 is 0.704 bits per heavy atom. The maximum Gasteiger partial charge on any atom is 0.306 e. The van der Waals surface area contributed by atoms with Crippen LogP contribution in [0.5, 0.6) is 0 Å². The third-order valence-corrected chi connectivity index (χ3v) is 16.0. The van der Waals surface area contributed by atoms with Crippen molar-refractivity contribution < 1.29 is 28.6 Å². The molecule has 0 fully saturated rings. The van der Waals surface area contributed by atoms with Gasteiger partial charge in [0.05, 0.1) is 0 Å². The van der Waals surface area contributed by atoms with Gasteiger partial charge in [-0.05, 0) is 109 Å². The molecule has 0 spiro atoms. The van der Waals surface area contributed by atoms with Crippen molar-refractivity contribution in [3.63, 3.8) is 0 Å². The van der Waals surface area contributed by atoms with Crippen molar-refractivity contribution in [2.45, 2.75) is 386 Å². The van der Waals surface area contributed by atoms with E-state index in [-0.39, 0.29) is 31.1 Å². The maximum absolute atomic E-state index is 13.0. The first-order chi connectivity index (χ1) is 40.0.